The van der Waals surface area contributed by atoms with Crippen molar-refractivity contribution in [1.29, 1.82) is 0 Å². The van der Waals surface area contributed by atoms with Crippen LogP contribution >= 0.6 is 31.9 Å². The van der Waals surface area contributed by atoms with Gasteiger partial charge in [-0.2, -0.15) is 0 Å². The minimum atomic E-state index is 1.15. The lowest BCUT2D eigenvalue weighted by atomic mass is 10.0. The quantitative estimate of drug-likeness (QED) is 0.644. The van der Waals surface area contributed by atoms with Gasteiger partial charge >= 0.3 is 0 Å². The molecular formula is C14H12Br2. The van der Waals surface area contributed by atoms with Gasteiger partial charge in [0.05, 0.1) is 0 Å². The molecule has 2 rings (SSSR count). The fourth-order valence-electron chi connectivity index (χ4n) is 1.54. The van der Waals surface area contributed by atoms with E-state index in [1.807, 2.05) is 0 Å². The standard InChI is InChI=1S/C14H12Br2/c1-9-3-5-11(7-13(9)15)12-6-4-10(2)14(16)8-12/h3-8H,1-2H3. The third-order valence-electron chi connectivity index (χ3n) is 2.68. The third kappa shape index (κ3) is 2.38. The monoisotopic (exact) mass is 338 g/mol. The Kier molecular flexibility index (Phi) is 3.50. The summed E-state index contributed by atoms with van der Waals surface area (Å²) in [5.41, 5.74) is 4.99. The zero-order valence-corrected chi connectivity index (χ0v) is 12.4. The van der Waals surface area contributed by atoms with Crippen LogP contribution in [0.4, 0.5) is 0 Å². The van der Waals surface area contributed by atoms with Crippen molar-refractivity contribution < 1.29 is 0 Å². The van der Waals surface area contributed by atoms with Crippen molar-refractivity contribution in [3.63, 3.8) is 0 Å². The van der Waals surface area contributed by atoms with Gasteiger partial charge in [0.15, 0.2) is 0 Å². The summed E-state index contributed by atoms with van der Waals surface area (Å²) in [5.74, 6) is 0. The summed E-state index contributed by atoms with van der Waals surface area (Å²) < 4.78 is 2.31. The maximum atomic E-state index is 3.56. The van der Waals surface area contributed by atoms with Crippen LogP contribution in [-0.4, -0.2) is 0 Å². The normalized spacial score (nSPS) is 10.5. The highest BCUT2D eigenvalue weighted by Crippen LogP contribution is 2.28. The molecule has 0 spiro atoms. The molecule has 16 heavy (non-hydrogen) atoms. The highest BCUT2D eigenvalue weighted by Gasteiger charge is 2.02. The molecule has 0 amide bonds. The number of rotatable bonds is 1. The maximum Gasteiger partial charge on any atom is 0.0210 e. The predicted molar refractivity (Wildman–Crippen MR) is 76.8 cm³/mol. The number of halogens is 2. The first-order chi connectivity index (χ1) is 7.58. The first-order valence-corrected chi connectivity index (χ1v) is 6.69. The highest BCUT2D eigenvalue weighted by molar-refractivity contribution is 9.10. The van der Waals surface area contributed by atoms with E-state index in [-0.39, 0.29) is 0 Å². The van der Waals surface area contributed by atoms with Gasteiger partial charge in [0.1, 0.15) is 0 Å². The molecule has 0 nitrogen and oxygen atoms in total. The van der Waals surface area contributed by atoms with Crippen molar-refractivity contribution in [2.24, 2.45) is 0 Å². The van der Waals surface area contributed by atoms with Crippen LogP contribution in [0.2, 0.25) is 0 Å². The molecule has 2 heteroatoms. The van der Waals surface area contributed by atoms with Gasteiger partial charge in [-0.15, -0.1) is 0 Å². The molecule has 0 heterocycles. The van der Waals surface area contributed by atoms with E-state index in [0.29, 0.717) is 0 Å². The topological polar surface area (TPSA) is 0 Å². The highest BCUT2D eigenvalue weighted by atomic mass is 79.9. The van der Waals surface area contributed by atoms with E-state index in [2.05, 4.69) is 82.1 Å². The molecule has 0 atom stereocenters. The van der Waals surface area contributed by atoms with E-state index >= 15 is 0 Å². The first kappa shape index (κ1) is 11.9. The summed E-state index contributed by atoms with van der Waals surface area (Å²) >= 11 is 7.13. The molecule has 0 saturated carbocycles. The Morgan fingerprint density at radius 1 is 0.688 bits per heavy atom. The molecule has 0 aliphatic rings. The molecule has 2 aromatic rings. The summed E-state index contributed by atoms with van der Waals surface area (Å²) in [5, 5.41) is 0. The molecule has 0 fully saturated rings. The van der Waals surface area contributed by atoms with Crippen molar-refractivity contribution >= 4 is 31.9 Å². The Balaban J connectivity index is 2.50. The Morgan fingerprint density at radius 3 is 1.38 bits per heavy atom. The summed E-state index contributed by atoms with van der Waals surface area (Å²) in [6.45, 7) is 4.19. The van der Waals surface area contributed by atoms with Crippen molar-refractivity contribution in [3.05, 3.63) is 56.5 Å². The van der Waals surface area contributed by atoms with Crippen LogP contribution < -0.4 is 0 Å². The second-order valence-electron chi connectivity index (χ2n) is 3.93. The van der Waals surface area contributed by atoms with Gasteiger partial charge < -0.3 is 0 Å². The molecule has 0 aliphatic carbocycles. The van der Waals surface area contributed by atoms with Gasteiger partial charge in [0.2, 0.25) is 0 Å². The largest absolute Gasteiger partial charge is 0.0576 e. The fraction of sp³-hybridized carbons (Fsp3) is 0.143. The lowest BCUT2D eigenvalue weighted by Gasteiger charge is -2.06. The number of aryl methyl sites for hydroxylation is 2. The van der Waals surface area contributed by atoms with Gasteiger partial charge in [-0.3, -0.25) is 0 Å². The van der Waals surface area contributed by atoms with Crippen LogP contribution in [0.5, 0.6) is 0 Å². The van der Waals surface area contributed by atoms with Gasteiger partial charge in [0, 0.05) is 8.95 Å². The lowest BCUT2D eigenvalue weighted by Crippen LogP contribution is -1.82. The Bertz CT molecular complexity index is 481. The van der Waals surface area contributed by atoms with Gasteiger partial charge in [-0.25, -0.2) is 0 Å². The second-order valence-corrected chi connectivity index (χ2v) is 5.64. The molecule has 0 aromatic heterocycles. The Labute approximate surface area is 113 Å². The van der Waals surface area contributed by atoms with E-state index in [1.165, 1.54) is 22.3 Å². The molecule has 0 radical (unpaired) electrons. The van der Waals surface area contributed by atoms with E-state index < -0.39 is 0 Å². The predicted octanol–water partition coefficient (Wildman–Crippen LogP) is 5.50. The van der Waals surface area contributed by atoms with Crippen LogP contribution in [0.3, 0.4) is 0 Å². The minimum absolute atomic E-state index is 1.15. The van der Waals surface area contributed by atoms with E-state index in [4.69, 9.17) is 0 Å². The third-order valence-corrected chi connectivity index (χ3v) is 4.39. The van der Waals surface area contributed by atoms with Crippen LogP contribution in [-0.2, 0) is 0 Å². The van der Waals surface area contributed by atoms with Crippen LogP contribution in [0, 0.1) is 13.8 Å². The zero-order chi connectivity index (χ0) is 11.7. The summed E-state index contributed by atoms with van der Waals surface area (Å²) in [6.07, 6.45) is 0. The summed E-state index contributed by atoms with van der Waals surface area (Å²) in [6, 6.07) is 12.9. The molecule has 82 valence electrons. The molecule has 0 bridgehead atoms. The average molecular weight is 340 g/mol. The van der Waals surface area contributed by atoms with Crippen LogP contribution in [0.1, 0.15) is 11.1 Å². The SMILES string of the molecule is Cc1ccc(-c2ccc(C)c(Br)c2)cc1Br. The summed E-state index contributed by atoms with van der Waals surface area (Å²) in [4.78, 5) is 0. The summed E-state index contributed by atoms with van der Waals surface area (Å²) in [7, 11) is 0. The average Bonchev–Trinajstić information content (AvgIpc) is 2.26. The van der Waals surface area contributed by atoms with Gasteiger partial charge in [-0.05, 0) is 48.2 Å². The molecule has 0 aliphatic heterocycles. The fourth-order valence-corrected chi connectivity index (χ4v) is 2.30. The second kappa shape index (κ2) is 4.72. The van der Waals surface area contributed by atoms with Crippen molar-refractivity contribution in [3.8, 4) is 11.1 Å². The lowest BCUT2D eigenvalue weighted by molar-refractivity contribution is 1.41. The van der Waals surface area contributed by atoms with Crippen molar-refractivity contribution in [1.82, 2.24) is 0 Å². The maximum absolute atomic E-state index is 3.56. The number of hydrogen-bond donors (Lipinski definition) is 0. The minimum Gasteiger partial charge on any atom is -0.0576 e. The molecular weight excluding hydrogens is 328 g/mol. The van der Waals surface area contributed by atoms with E-state index in [0.717, 1.165) is 8.95 Å². The molecule has 0 unspecified atom stereocenters. The number of benzene rings is 2. The molecule has 0 N–H and O–H groups in total. The first-order valence-electron chi connectivity index (χ1n) is 5.10. The van der Waals surface area contributed by atoms with Crippen LogP contribution in [0.25, 0.3) is 11.1 Å². The van der Waals surface area contributed by atoms with Crippen LogP contribution in [0.15, 0.2) is 45.3 Å². The Hall–Kier alpha value is -0.600. The van der Waals surface area contributed by atoms with Crippen molar-refractivity contribution in [2.75, 3.05) is 0 Å². The van der Waals surface area contributed by atoms with Crippen molar-refractivity contribution in [2.45, 2.75) is 13.8 Å². The van der Waals surface area contributed by atoms with E-state index in [1.54, 1.807) is 0 Å². The Morgan fingerprint density at radius 2 is 1.06 bits per heavy atom. The molecule has 2 aromatic carbocycles. The van der Waals surface area contributed by atoms with Gasteiger partial charge in [0.25, 0.3) is 0 Å². The van der Waals surface area contributed by atoms with Gasteiger partial charge in [-0.1, -0.05) is 56.1 Å². The zero-order valence-electron chi connectivity index (χ0n) is 9.22. The number of hydrogen-bond acceptors (Lipinski definition) is 0. The van der Waals surface area contributed by atoms with E-state index in [9.17, 15) is 0 Å². The molecule has 0 saturated heterocycles. The smallest absolute Gasteiger partial charge is 0.0210 e.